The molecule has 0 aliphatic rings. The van der Waals surface area contributed by atoms with Crippen LogP contribution >= 0.6 is 0 Å². The molecule has 0 amide bonds. The van der Waals surface area contributed by atoms with Gasteiger partial charge in [0.2, 0.25) is 6.33 Å². The molecule has 0 aliphatic carbocycles. The van der Waals surface area contributed by atoms with Crippen LogP contribution in [0, 0.1) is 0 Å². The first-order chi connectivity index (χ1) is 7.44. The maximum atomic E-state index is 9.67. The van der Waals surface area contributed by atoms with Crippen LogP contribution < -0.4 is 9.27 Å². The van der Waals surface area contributed by atoms with Gasteiger partial charge in [-0.3, -0.25) is 12.9 Å². The van der Waals surface area contributed by atoms with Gasteiger partial charge in [-0.25, -0.2) is 9.13 Å². The first-order valence-electron chi connectivity index (χ1n) is 5.47. The third kappa shape index (κ3) is 7.35. The van der Waals surface area contributed by atoms with Crippen molar-refractivity contribution in [3.05, 3.63) is 18.7 Å². The van der Waals surface area contributed by atoms with Crippen LogP contribution in [-0.4, -0.2) is 12.1 Å². The maximum Gasteiger partial charge on any atom is 0.762 e. The largest absolute Gasteiger partial charge is 1.00 e. The molecule has 0 aliphatic heterocycles. The van der Waals surface area contributed by atoms with Crippen LogP contribution in [0.3, 0.4) is 0 Å². The summed E-state index contributed by atoms with van der Waals surface area (Å²) in [6.45, 7) is 13.3. The standard InChI is InChI=1S/C11H21N2.BF3.FH/c1-10(2,3)12-7-8-13(9-12)11(4,5)6;2-1(3)4;/h7-9H,1-6H3;;1H/q+1;;/p-1. The fraction of sp³-hybridized carbons (Fsp3) is 0.727. The zero-order valence-electron chi connectivity index (χ0n) is 11.7. The lowest BCUT2D eigenvalue weighted by Crippen LogP contribution is -3.00. The Morgan fingerprint density at radius 3 is 1.56 bits per heavy atom. The van der Waals surface area contributed by atoms with Gasteiger partial charge in [-0.2, -0.15) is 0 Å². The van der Waals surface area contributed by atoms with Gasteiger partial charge in [0.1, 0.15) is 23.5 Å². The van der Waals surface area contributed by atoms with Gasteiger partial charge < -0.3 is 4.70 Å². The summed E-state index contributed by atoms with van der Waals surface area (Å²) in [5.74, 6) is 0. The van der Waals surface area contributed by atoms with Crippen LogP contribution in [0.15, 0.2) is 18.7 Å². The van der Waals surface area contributed by atoms with E-state index >= 15 is 0 Å². The van der Waals surface area contributed by atoms with Gasteiger partial charge in [-0.05, 0) is 41.5 Å². The topological polar surface area (TPSA) is 8.81 Å². The van der Waals surface area contributed by atoms with E-state index in [2.05, 4.69) is 69.4 Å². The Morgan fingerprint density at radius 2 is 1.39 bits per heavy atom. The van der Waals surface area contributed by atoms with Crippen molar-refractivity contribution in [2.45, 2.75) is 52.6 Å². The minimum Gasteiger partial charge on any atom is -1.00 e. The average Bonchev–Trinajstić information content (AvgIpc) is 2.46. The molecule has 106 valence electrons. The van der Waals surface area contributed by atoms with Gasteiger partial charge in [0, 0.05) is 0 Å². The van der Waals surface area contributed by atoms with Crippen molar-refractivity contribution in [1.29, 1.82) is 0 Å². The second-order valence-corrected chi connectivity index (χ2v) is 5.82. The lowest BCUT2D eigenvalue weighted by atomic mass is 10.1. The molecule has 7 heteroatoms. The Morgan fingerprint density at radius 1 is 1.00 bits per heavy atom. The van der Waals surface area contributed by atoms with E-state index in [1.54, 1.807) is 0 Å². The summed E-state index contributed by atoms with van der Waals surface area (Å²) in [7, 11) is -3.67. The molecule has 0 unspecified atom stereocenters. The molecule has 0 atom stereocenters. The van der Waals surface area contributed by atoms with Crippen LogP contribution in [0.1, 0.15) is 41.5 Å². The first-order valence-corrected chi connectivity index (χ1v) is 5.47. The van der Waals surface area contributed by atoms with Crippen molar-refractivity contribution in [3.63, 3.8) is 0 Å². The molecular weight excluding hydrogens is 247 g/mol. The molecular formula is C11H21BF4N2. The molecule has 1 aromatic rings. The van der Waals surface area contributed by atoms with Gasteiger partial charge in [-0.1, -0.05) is 0 Å². The predicted octanol–water partition coefficient (Wildman–Crippen LogP) is 0.169. The van der Waals surface area contributed by atoms with Crippen LogP contribution in [0.2, 0.25) is 0 Å². The number of imidazole rings is 1. The second kappa shape index (κ2) is 6.80. The molecule has 0 fully saturated rings. The highest BCUT2D eigenvalue weighted by Crippen LogP contribution is 2.13. The molecule has 2 nitrogen and oxygen atoms in total. The molecule has 0 bridgehead atoms. The van der Waals surface area contributed by atoms with Gasteiger partial charge in [-0.15, -0.1) is 0 Å². The van der Waals surface area contributed by atoms with Crippen LogP contribution in [0.5, 0.6) is 0 Å². The van der Waals surface area contributed by atoms with Crippen LogP contribution in [0.25, 0.3) is 0 Å². The third-order valence-corrected chi connectivity index (χ3v) is 2.19. The fourth-order valence-electron chi connectivity index (χ4n) is 1.15. The van der Waals surface area contributed by atoms with Crippen molar-refractivity contribution in [1.82, 2.24) is 4.57 Å². The molecule has 0 aromatic carbocycles. The van der Waals surface area contributed by atoms with Gasteiger partial charge >= 0.3 is 7.54 Å². The summed E-state index contributed by atoms with van der Waals surface area (Å²) >= 11 is 0. The number of hydrogen-bond donors (Lipinski definition) is 0. The second-order valence-electron chi connectivity index (χ2n) is 5.82. The number of rotatable bonds is 0. The Bertz CT molecular complexity index is 308. The summed E-state index contributed by atoms with van der Waals surface area (Å²) in [4.78, 5) is 0. The smallest absolute Gasteiger partial charge is 0.762 e. The molecule has 1 rings (SSSR count). The third-order valence-electron chi connectivity index (χ3n) is 2.19. The van der Waals surface area contributed by atoms with Crippen molar-refractivity contribution < 1.29 is 22.2 Å². The highest BCUT2D eigenvalue weighted by Gasteiger charge is 2.24. The normalized spacial score (nSPS) is 11.2. The van der Waals surface area contributed by atoms with E-state index in [-0.39, 0.29) is 15.8 Å². The van der Waals surface area contributed by atoms with Crippen molar-refractivity contribution in [2.75, 3.05) is 0 Å². The van der Waals surface area contributed by atoms with E-state index < -0.39 is 7.54 Å². The van der Waals surface area contributed by atoms with Crippen molar-refractivity contribution in [3.8, 4) is 0 Å². The van der Waals surface area contributed by atoms with Crippen LogP contribution in [-0.2, 0) is 11.1 Å². The Labute approximate surface area is 106 Å². The molecule has 0 spiro atoms. The summed E-state index contributed by atoms with van der Waals surface area (Å²) in [6.07, 6.45) is 6.43. The summed E-state index contributed by atoms with van der Waals surface area (Å²) in [5.41, 5.74) is 0.354. The lowest BCUT2D eigenvalue weighted by Gasteiger charge is -2.16. The fourth-order valence-corrected chi connectivity index (χ4v) is 1.15. The maximum absolute atomic E-state index is 9.67. The number of hydrogen-bond acceptors (Lipinski definition) is 0. The van der Waals surface area contributed by atoms with E-state index in [0.29, 0.717) is 0 Å². The van der Waals surface area contributed by atoms with Crippen LogP contribution in [0.4, 0.5) is 12.9 Å². The quantitative estimate of drug-likeness (QED) is 0.360. The molecule has 0 saturated heterocycles. The first kappa shape index (κ1) is 19.3. The number of aromatic nitrogens is 2. The van der Waals surface area contributed by atoms with E-state index in [1.807, 2.05) is 0 Å². The van der Waals surface area contributed by atoms with Crippen molar-refractivity contribution in [2.24, 2.45) is 0 Å². The highest BCUT2D eigenvalue weighted by molar-refractivity contribution is 6.33. The summed E-state index contributed by atoms with van der Waals surface area (Å²) in [5, 5.41) is 0. The van der Waals surface area contributed by atoms with Crippen molar-refractivity contribution >= 4 is 7.54 Å². The molecule has 0 saturated carbocycles. The Kier molecular flexibility index (Phi) is 7.31. The van der Waals surface area contributed by atoms with E-state index in [4.69, 9.17) is 0 Å². The molecule has 1 aromatic heterocycles. The highest BCUT2D eigenvalue weighted by atomic mass is 19.4. The SMILES string of the molecule is CC(C)(C)n1cc[n+](C(C)(C)C)c1.FB(F)F.[F-]. The monoisotopic (exact) mass is 268 g/mol. The molecule has 0 N–H and O–H groups in total. The predicted molar refractivity (Wildman–Crippen MR) is 63.7 cm³/mol. The minimum atomic E-state index is -3.67. The number of halogens is 4. The molecule has 18 heavy (non-hydrogen) atoms. The number of nitrogens with zero attached hydrogens (tertiary/aromatic N) is 2. The average molecular weight is 268 g/mol. The molecule has 1 heterocycles. The van der Waals surface area contributed by atoms with Gasteiger partial charge in [0.25, 0.3) is 0 Å². The van der Waals surface area contributed by atoms with Gasteiger partial charge in [0.15, 0.2) is 0 Å². The lowest BCUT2D eigenvalue weighted by molar-refractivity contribution is -0.753. The Balaban J connectivity index is 0. The van der Waals surface area contributed by atoms with E-state index in [0.717, 1.165) is 0 Å². The zero-order valence-corrected chi connectivity index (χ0v) is 11.7. The minimum absolute atomic E-state index is 0. The summed E-state index contributed by atoms with van der Waals surface area (Å²) < 4.78 is 33.5. The van der Waals surface area contributed by atoms with E-state index in [9.17, 15) is 12.9 Å². The Hall–Kier alpha value is -1.01. The van der Waals surface area contributed by atoms with Gasteiger partial charge in [0.05, 0.1) is 0 Å². The summed E-state index contributed by atoms with van der Waals surface area (Å²) in [6, 6.07) is 0. The zero-order chi connectivity index (χ0) is 13.9. The molecule has 0 radical (unpaired) electrons. The van der Waals surface area contributed by atoms with E-state index in [1.165, 1.54) is 0 Å².